The van der Waals surface area contributed by atoms with E-state index in [0.717, 1.165) is 51.4 Å². The lowest BCUT2D eigenvalue weighted by atomic mass is 10.0. The first-order chi connectivity index (χ1) is 36.0. The Morgan fingerprint density at radius 3 is 1.10 bits per heavy atom. The summed E-state index contributed by atoms with van der Waals surface area (Å²) in [5, 5.41) is 23.1. The molecule has 0 spiro atoms. The summed E-state index contributed by atoms with van der Waals surface area (Å²) in [4.78, 5) is 24.5. The first-order valence-corrected chi connectivity index (χ1v) is 32.4. The van der Waals surface area contributed by atoms with Crippen LogP contribution < -0.4 is 5.32 Å². The van der Waals surface area contributed by atoms with Crippen LogP contribution in [0.15, 0.2) is 48.6 Å². The molecular weight excluding hydrogens is 899 g/mol. The van der Waals surface area contributed by atoms with Gasteiger partial charge in [-0.25, -0.2) is 0 Å². The number of ether oxygens (including phenoxy) is 1. The normalized spacial score (nSPS) is 12.9. The molecule has 0 bridgehead atoms. The third-order valence-electron chi connectivity index (χ3n) is 14.8. The molecular formula is C67H125NO5. The minimum atomic E-state index is -0.843. The lowest BCUT2D eigenvalue weighted by Crippen LogP contribution is -2.45. The van der Waals surface area contributed by atoms with Crippen LogP contribution in [0, 0.1) is 0 Å². The lowest BCUT2D eigenvalue weighted by molar-refractivity contribution is -0.143. The summed E-state index contributed by atoms with van der Waals surface area (Å²) in [7, 11) is 0. The van der Waals surface area contributed by atoms with Gasteiger partial charge in [-0.15, -0.1) is 0 Å². The molecule has 0 aromatic heterocycles. The van der Waals surface area contributed by atoms with E-state index in [1.807, 2.05) is 6.08 Å². The quantitative estimate of drug-likeness (QED) is 0.0320. The highest BCUT2D eigenvalue weighted by Crippen LogP contribution is 2.17. The molecule has 2 atom stereocenters. The first-order valence-electron chi connectivity index (χ1n) is 32.4. The van der Waals surface area contributed by atoms with Gasteiger partial charge in [-0.2, -0.15) is 0 Å². The van der Waals surface area contributed by atoms with Crippen molar-refractivity contribution < 1.29 is 24.5 Å². The van der Waals surface area contributed by atoms with Crippen LogP contribution in [-0.4, -0.2) is 47.4 Å². The Hall–Kier alpha value is -2.18. The molecule has 6 nitrogen and oxygen atoms in total. The van der Waals surface area contributed by atoms with Crippen molar-refractivity contribution in [3.05, 3.63) is 48.6 Å². The van der Waals surface area contributed by atoms with Crippen molar-refractivity contribution in [3.63, 3.8) is 0 Å². The monoisotopic (exact) mass is 1020 g/mol. The van der Waals surface area contributed by atoms with Crippen molar-refractivity contribution in [2.75, 3.05) is 13.2 Å². The van der Waals surface area contributed by atoms with Crippen LogP contribution in [0.3, 0.4) is 0 Å². The molecule has 6 heteroatoms. The number of amides is 1. The first kappa shape index (κ1) is 70.8. The van der Waals surface area contributed by atoms with Crippen molar-refractivity contribution in [3.8, 4) is 0 Å². The number of carbonyl (C=O) groups excluding carboxylic acids is 2. The Bertz CT molecular complexity index is 1230. The topological polar surface area (TPSA) is 95.9 Å². The molecule has 0 aromatic rings. The highest BCUT2D eigenvalue weighted by molar-refractivity contribution is 5.76. The Kier molecular flexibility index (Phi) is 60.5. The SMILES string of the molecule is CCCC/C=C\C/C=C\CCCCCCCC(=O)OCCCCCCCCCCCCCC/C=C\CCCCCCCCCCCCCCCC(=O)NC(CO)C(O)/C=C/CCCCCCCCCCCCC. The fraction of sp³-hybridized carbons (Fsp3) is 0.851. The second kappa shape index (κ2) is 62.4. The Balaban J connectivity index is 3.39. The molecule has 0 saturated heterocycles. The van der Waals surface area contributed by atoms with E-state index in [4.69, 9.17) is 4.74 Å². The van der Waals surface area contributed by atoms with Crippen LogP contribution >= 0.6 is 0 Å². The molecule has 73 heavy (non-hydrogen) atoms. The van der Waals surface area contributed by atoms with Crippen LogP contribution in [0.4, 0.5) is 0 Å². The molecule has 0 rings (SSSR count). The molecule has 0 aliphatic carbocycles. The number of nitrogens with one attached hydrogen (secondary N) is 1. The highest BCUT2D eigenvalue weighted by atomic mass is 16.5. The Morgan fingerprint density at radius 1 is 0.384 bits per heavy atom. The van der Waals surface area contributed by atoms with Crippen LogP contribution in [0.5, 0.6) is 0 Å². The Labute approximate surface area is 455 Å². The van der Waals surface area contributed by atoms with Gasteiger partial charge in [0.2, 0.25) is 5.91 Å². The van der Waals surface area contributed by atoms with Crippen molar-refractivity contribution >= 4 is 11.9 Å². The van der Waals surface area contributed by atoms with Crippen molar-refractivity contribution in [2.24, 2.45) is 0 Å². The zero-order chi connectivity index (χ0) is 52.9. The number of carbonyl (C=O) groups is 2. The second-order valence-corrected chi connectivity index (χ2v) is 22.1. The average molecular weight is 1020 g/mol. The van der Waals surface area contributed by atoms with E-state index in [-0.39, 0.29) is 18.5 Å². The fourth-order valence-corrected chi connectivity index (χ4v) is 9.82. The maximum Gasteiger partial charge on any atom is 0.305 e. The zero-order valence-corrected chi connectivity index (χ0v) is 48.9. The van der Waals surface area contributed by atoms with E-state index in [9.17, 15) is 19.8 Å². The fourth-order valence-electron chi connectivity index (χ4n) is 9.82. The van der Waals surface area contributed by atoms with E-state index in [0.29, 0.717) is 19.4 Å². The minimum Gasteiger partial charge on any atom is -0.466 e. The largest absolute Gasteiger partial charge is 0.466 e. The predicted octanol–water partition coefficient (Wildman–Crippen LogP) is 20.5. The van der Waals surface area contributed by atoms with Crippen LogP contribution in [0.2, 0.25) is 0 Å². The van der Waals surface area contributed by atoms with Gasteiger partial charge in [0, 0.05) is 12.8 Å². The molecule has 0 aliphatic rings. The second-order valence-electron chi connectivity index (χ2n) is 22.1. The smallest absolute Gasteiger partial charge is 0.305 e. The van der Waals surface area contributed by atoms with Crippen LogP contribution in [0.25, 0.3) is 0 Å². The van der Waals surface area contributed by atoms with Gasteiger partial charge >= 0.3 is 5.97 Å². The maximum absolute atomic E-state index is 12.5. The van der Waals surface area contributed by atoms with Gasteiger partial charge in [0.05, 0.1) is 25.4 Å². The average Bonchev–Trinajstić information content (AvgIpc) is 3.39. The van der Waals surface area contributed by atoms with Crippen molar-refractivity contribution in [2.45, 2.75) is 353 Å². The van der Waals surface area contributed by atoms with E-state index in [2.05, 4.69) is 55.6 Å². The number of aliphatic hydroxyl groups is 2. The molecule has 0 aliphatic heterocycles. The van der Waals surface area contributed by atoms with Crippen molar-refractivity contribution in [1.29, 1.82) is 0 Å². The third kappa shape index (κ3) is 58.9. The summed E-state index contributed by atoms with van der Waals surface area (Å²) >= 11 is 0. The van der Waals surface area contributed by atoms with Crippen LogP contribution in [-0.2, 0) is 14.3 Å². The summed E-state index contributed by atoms with van der Waals surface area (Å²) in [5.74, 6) is -0.0658. The van der Waals surface area contributed by atoms with Gasteiger partial charge in [-0.05, 0) is 83.5 Å². The van der Waals surface area contributed by atoms with Gasteiger partial charge in [-0.3, -0.25) is 9.59 Å². The lowest BCUT2D eigenvalue weighted by Gasteiger charge is -2.20. The summed E-state index contributed by atoms with van der Waals surface area (Å²) in [6, 6.07) is -0.627. The number of hydrogen-bond acceptors (Lipinski definition) is 5. The molecule has 428 valence electrons. The van der Waals surface area contributed by atoms with E-state index >= 15 is 0 Å². The highest BCUT2D eigenvalue weighted by Gasteiger charge is 2.18. The van der Waals surface area contributed by atoms with Gasteiger partial charge in [0.1, 0.15) is 0 Å². The summed E-state index contributed by atoms with van der Waals surface area (Å²) < 4.78 is 5.48. The summed E-state index contributed by atoms with van der Waals surface area (Å²) in [6.07, 6.45) is 80.3. The molecule has 0 fully saturated rings. The van der Waals surface area contributed by atoms with Crippen LogP contribution in [0.1, 0.15) is 341 Å². The molecule has 0 saturated carbocycles. The van der Waals surface area contributed by atoms with Gasteiger partial charge < -0.3 is 20.3 Å². The van der Waals surface area contributed by atoms with Crippen molar-refractivity contribution in [1.82, 2.24) is 5.32 Å². The standard InChI is InChI=1S/C67H125NO5/c1-3-5-7-9-11-13-15-17-37-41-45-49-53-57-61-67(72)73-62-58-54-50-46-42-38-34-32-30-28-26-24-22-20-18-19-21-23-25-27-29-31-33-36-40-44-48-52-56-60-66(71)68-64(63-69)65(70)59-55-51-47-43-39-35-16-14-12-10-8-6-4-2/h9,11,15,17-18,20,55,59,64-65,69-70H,3-8,10,12-14,16,19,21-54,56-58,60-63H2,1-2H3,(H,68,71)/b11-9-,17-15-,20-18-,59-55+. The molecule has 0 radical (unpaired) electrons. The predicted molar refractivity (Wildman–Crippen MR) is 319 cm³/mol. The summed E-state index contributed by atoms with van der Waals surface area (Å²) in [5.41, 5.74) is 0. The number of unbranched alkanes of at least 4 members (excludes halogenated alkanes) is 43. The third-order valence-corrected chi connectivity index (χ3v) is 14.8. The number of rotatable bonds is 60. The Morgan fingerprint density at radius 2 is 0.699 bits per heavy atom. The minimum absolute atomic E-state index is 0.00120. The number of allylic oxidation sites excluding steroid dienone is 7. The number of hydrogen-bond donors (Lipinski definition) is 3. The van der Waals surface area contributed by atoms with Gasteiger partial charge in [-0.1, -0.05) is 294 Å². The molecule has 0 heterocycles. The van der Waals surface area contributed by atoms with Gasteiger partial charge in [0.25, 0.3) is 0 Å². The molecule has 2 unspecified atom stereocenters. The number of aliphatic hydroxyl groups excluding tert-OH is 2. The van der Waals surface area contributed by atoms with Gasteiger partial charge in [0.15, 0.2) is 0 Å². The zero-order valence-electron chi connectivity index (χ0n) is 48.9. The van der Waals surface area contributed by atoms with E-state index in [1.54, 1.807) is 6.08 Å². The maximum atomic E-state index is 12.5. The summed E-state index contributed by atoms with van der Waals surface area (Å²) in [6.45, 7) is 4.86. The number of esters is 1. The molecule has 1 amide bonds. The molecule has 0 aromatic carbocycles. The van der Waals surface area contributed by atoms with E-state index < -0.39 is 12.1 Å². The van der Waals surface area contributed by atoms with E-state index in [1.165, 1.54) is 263 Å². The molecule has 3 N–H and O–H groups in total.